The van der Waals surface area contributed by atoms with Crippen LogP contribution in [0.5, 0.6) is 0 Å². The van der Waals surface area contributed by atoms with E-state index in [0.29, 0.717) is 39.3 Å². The van der Waals surface area contributed by atoms with E-state index in [1.165, 1.54) is 11.3 Å². The average molecular weight is 339 g/mol. The summed E-state index contributed by atoms with van der Waals surface area (Å²) in [4.78, 5) is 30.3. The minimum atomic E-state index is 0.0333. The van der Waals surface area contributed by atoms with E-state index >= 15 is 0 Å². The molecule has 0 radical (unpaired) electrons. The van der Waals surface area contributed by atoms with Crippen molar-refractivity contribution in [3.8, 4) is 0 Å². The number of hydrogen-bond donors (Lipinski definition) is 0. The SMILES string of the molecule is COCCCN(C)C(=O)N1CCCN(C(=O)c2ccsc2)CC1. The van der Waals surface area contributed by atoms with Gasteiger partial charge in [-0.2, -0.15) is 11.3 Å². The number of ether oxygens (including phenoxy) is 1. The van der Waals surface area contributed by atoms with Crippen LogP contribution in [-0.4, -0.2) is 80.1 Å². The van der Waals surface area contributed by atoms with Crippen LogP contribution in [0.4, 0.5) is 4.79 Å². The van der Waals surface area contributed by atoms with Crippen LogP contribution < -0.4 is 0 Å². The van der Waals surface area contributed by atoms with Gasteiger partial charge in [-0.15, -0.1) is 0 Å². The first-order valence-corrected chi connectivity index (χ1v) is 8.88. The van der Waals surface area contributed by atoms with E-state index < -0.39 is 0 Å². The average Bonchev–Trinajstić information content (AvgIpc) is 2.98. The number of urea groups is 1. The van der Waals surface area contributed by atoms with Crippen molar-refractivity contribution in [1.29, 1.82) is 0 Å². The molecule has 1 saturated heterocycles. The van der Waals surface area contributed by atoms with Crippen molar-refractivity contribution in [3.05, 3.63) is 22.4 Å². The smallest absolute Gasteiger partial charge is 0.319 e. The van der Waals surface area contributed by atoms with Gasteiger partial charge < -0.3 is 19.4 Å². The van der Waals surface area contributed by atoms with Gasteiger partial charge in [0, 0.05) is 58.9 Å². The highest BCUT2D eigenvalue weighted by Gasteiger charge is 2.24. The number of thiophene rings is 1. The van der Waals surface area contributed by atoms with Crippen molar-refractivity contribution in [2.75, 3.05) is 53.5 Å². The molecular weight excluding hydrogens is 314 g/mol. The molecule has 6 nitrogen and oxygen atoms in total. The van der Waals surface area contributed by atoms with E-state index in [9.17, 15) is 9.59 Å². The Bertz CT molecular complexity index is 507. The molecule has 1 aromatic rings. The molecule has 0 bridgehead atoms. The Kier molecular flexibility index (Phi) is 6.85. The summed E-state index contributed by atoms with van der Waals surface area (Å²) in [6.07, 6.45) is 1.64. The lowest BCUT2D eigenvalue weighted by Gasteiger charge is -2.27. The highest BCUT2D eigenvalue weighted by molar-refractivity contribution is 7.08. The normalized spacial score (nSPS) is 15.4. The van der Waals surface area contributed by atoms with Crippen LogP contribution in [-0.2, 0) is 4.74 Å². The summed E-state index contributed by atoms with van der Waals surface area (Å²) >= 11 is 1.53. The number of amides is 3. The molecule has 0 unspecified atom stereocenters. The Morgan fingerprint density at radius 2 is 2.00 bits per heavy atom. The summed E-state index contributed by atoms with van der Waals surface area (Å²) in [6.45, 7) is 3.91. The molecule has 0 N–H and O–H groups in total. The predicted molar refractivity (Wildman–Crippen MR) is 90.9 cm³/mol. The van der Waals surface area contributed by atoms with Crippen LogP contribution in [0.1, 0.15) is 23.2 Å². The Morgan fingerprint density at radius 1 is 1.26 bits per heavy atom. The molecule has 0 saturated carbocycles. The largest absolute Gasteiger partial charge is 0.385 e. The van der Waals surface area contributed by atoms with E-state index in [1.807, 2.05) is 33.7 Å². The minimum Gasteiger partial charge on any atom is -0.385 e. The zero-order chi connectivity index (χ0) is 16.7. The first-order chi connectivity index (χ1) is 11.1. The Hall–Kier alpha value is -1.60. The van der Waals surface area contributed by atoms with Gasteiger partial charge in [-0.3, -0.25) is 4.79 Å². The van der Waals surface area contributed by atoms with Crippen LogP contribution >= 0.6 is 11.3 Å². The van der Waals surface area contributed by atoms with E-state index in [4.69, 9.17) is 4.74 Å². The third-order valence-corrected chi connectivity index (χ3v) is 4.67. The predicted octanol–water partition coefficient (Wildman–Crippen LogP) is 1.98. The van der Waals surface area contributed by atoms with Gasteiger partial charge in [0.2, 0.25) is 0 Å². The van der Waals surface area contributed by atoms with Gasteiger partial charge >= 0.3 is 6.03 Å². The van der Waals surface area contributed by atoms with Gasteiger partial charge in [0.1, 0.15) is 0 Å². The molecule has 128 valence electrons. The Labute approximate surface area is 141 Å². The molecule has 0 spiro atoms. The van der Waals surface area contributed by atoms with Crippen molar-refractivity contribution < 1.29 is 14.3 Å². The number of carbonyl (C=O) groups is 2. The second-order valence-corrected chi connectivity index (χ2v) is 6.48. The molecule has 1 aliphatic heterocycles. The molecule has 7 heteroatoms. The van der Waals surface area contributed by atoms with Gasteiger partial charge in [0.25, 0.3) is 5.91 Å². The van der Waals surface area contributed by atoms with Crippen molar-refractivity contribution in [2.45, 2.75) is 12.8 Å². The van der Waals surface area contributed by atoms with Crippen molar-refractivity contribution in [1.82, 2.24) is 14.7 Å². The van der Waals surface area contributed by atoms with Crippen molar-refractivity contribution in [2.24, 2.45) is 0 Å². The minimum absolute atomic E-state index is 0.0333. The van der Waals surface area contributed by atoms with Crippen LogP contribution in [0, 0.1) is 0 Å². The first kappa shape index (κ1) is 17.7. The summed E-state index contributed by atoms with van der Waals surface area (Å²) in [5, 5.41) is 3.79. The fraction of sp³-hybridized carbons (Fsp3) is 0.625. The molecule has 2 heterocycles. The van der Waals surface area contributed by atoms with Gasteiger partial charge in [-0.25, -0.2) is 4.79 Å². The molecule has 1 aromatic heterocycles. The van der Waals surface area contributed by atoms with E-state index in [1.54, 1.807) is 12.0 Å². The molecule has 1 fully saturated rings. The maximum atomic E-state index is 12.5. The Morgan fingerprint density at radius 3 is 2.70 bits per heavy atom. The number of methoxy groups -OCH3 is 1. The van der Waals surface area contributed by atoms with E-state index in [2.05, 4.69) is 0 Å². The molecule has 0 atom stereocenters. The van der Waals surface area contributed by atoms with Crippen LogP contribution in [0.2, 0.25) is 0 Å². The third kappa shape index (κ3) is 4.94. The molecule has 1 aliphatic rings. The van der Waals surface area contributed by atoms with Crippen LogP contribution in [0.15, 0.2) is 16.8 Å². The lowest BCUT2D eigenvalue weighted by Crippen LogP contribution is -2.43. The summed E-state index contributed by atoms with van der Waals surface area (Å²) < 4.78 is 5.02. The topological polar surface area (TPSA) is 53.1 Å². The molecular formula is C16H25N3O3S. The highest BCUT2D eigenvalue weighted by Crippen LogP contribution is 2.13. The second-order valence-electron chi connectivity index (χ2n) is 5.70. The lowest BCUT2D eigenvalue weighted by atomic mass is 10.3. The van der Waals surface area contributed by atoms with Gasteiger partial charge in [0.05, 0.1) is 5.56 Å². The third-order valence-electron chi connectivity index (χ3n) is 3.99. The molecule has 2 rings (SSSR count). The highest BCUT2D eigenvalue weighted by atomic mass is 32.1. The van der Waals surface area contributed by atoms with Crippen LogP contribution in [0.25, 0.3) is 0 Å². The second kappa shape index (κ2) is 8.88. The zero-order valence-electron chi connectivity index (χ0n) is 13.9. The maximum Gasteiger partial charge on any atom is 0.319 e. The maximum absolute atomic E-state index is 12.5. The van der Waals surface area contributed by atoms with Gasteiger partial charge in [0.15, 0.2) is 0 Å². The van der Waals surface area contributed by atoms with Crippen molar-refractivity contribution >= 4 is 23.3 Å². The fourth-order valence-electron chi connectivity index (χ4n) is 2.66. The van der Waals surface area contributed by atoms with Gasteiger partial charge in [-0.05, 0) is 24.3 Å². The van der Waals surface area contributed by atoms with E-state index in [-0.39, 0.29) is 11.9 Å². The van der Waals surface area contributed by atoms with Crippen LogP contribution in [0.3, 0.4) is 0 Å². The number of rotatable bonds is 5. The fourth-order valence-corrected chi connectivity index (χ4v) is 3.29. The summed E-state index contributed by atoms with van der Waals surface area (Å²) in [7, 11) is 3.48. The quantitative estimate of drug-likeness (QED) is 0.771. The first-order valence-electron chi connectivity index (χ1n) is 7.94. The summed E-state index contributed by atoms with van der Waals surface area (Å²) in [5.74, 6) is 0.0639. The molecule has 0 aromatic carbocycles. The Balaban J connectivity index is 1.85. The monoisotopic (exact) mass is 339 g/mol. The molecule has 23 heavy (non-hydrogen) atoms. The number of nitrogens with zero attached hydrogens (tertiary/aromatic N) is 3. The summed E-state index contributed by atoms with van der Waals surface area (Å²) in [5.41, 5.74) is 0.742. The molecule has 3 amide bonds. The summed E-state index contributed by atoms with van der Waals surface area (Å²) in [6, 6.07) is 1.88. The van der Waals surface area contributed by atoms with E-state index in [0.717, 1.165) is 18.4 Å². The zero-order valence-corrected chi connectivity index (χ0v) is 14.7. The number of carbonyl (C=O) groups excluding carboxylic acids is 2. The van der Waals surface area contributed by atoms with Gasteiger partial charge in [-0.1, -0.05) is 0 Å². The molecule has 0 aliphatic carbocycles. The number of hydrogen-bond acceptors (Lipinski definition) is 4. The van der Waals surface area contributed by atoms with Crippen molar-refractivity contribution in [3.63, 3.8) is 0 Å². The standard InChI is InChI=1S/C16H25N3O3S/c1-17(6-4-11-22-2)16(21)19-8-3-7-18(9-10-19)15(20)14-5-12-23-13-14/h5,12-13H,3-4,6-11H2,1-2H3. The lowest BCUT2D eigenvalue weighted by molar-refractivity contribution is 0.0761.